The van der Waals surface area contributed by atoms with E-state index in [0.29, 0.717) is 0 Å². The fourth-order valence-corrected chi connectivity index (χ4v) is 1.63. The fourth-order valence-electron chi connectivity index (χ4n) is 1.63. The molecule has 1 aromatic rings. The van der Waals surface area contributed by atoms with Crippen molar-refractivity contribution in [3.05, 3.63) is 35.4 Å². The van der Waals surface area contributed by atoms with Gasteiger partial charge in [0.25, 0.3) is 0 Å². The number of hydrazine groups is 1. The predicted octanol–water partition coefficient (Wildman–Crippen LogP) is 3.73. The summed E-state index contributed by atoms with van der Waals surface area (Å²) < 4.78 is 0. The Kier molecular flexibility index (Phi) is 8.26. The highest BCUT2D eigenvalue weighted by Crippen LogP contribution is 2.08. The third kappa shape index (κ3) is 7.53. The van der Waals surface area contributed by atoms with Crippen molar-refractivity contribution in [1.29, 1.82) is 0 Å². The lowest BCUT2D eigenvalue weighted by Gasteiger charge is -2.29. The summed E-state index contributed by atoms with van der Waals surface area (Å²) in [6.07, 6.45) is 3.29. The van der Waals surface area contributed by atoms with Crippen molar-refractivity contribution in [1.82, 2.24) is 10.6 Å². The van der Waals surface area contributed by atoms with E-state index in [1.807, 2.05) is 20.8 Å². The summed E-state index contributed by atoms with van der Waals surface area (Å²) in [7, 11) is 0. The first-order chi connectivity index (χ1) is 8.39. The maximum Gasteiger partial charge on any atom is 0.0535 e. The Labute approximate surface area is 123 Å². The number of benzene rings is 1. The Morgan fingerprint density at radius 2 is 1.68 bits per heavy atom. The van der Waals surface area contributed by atoms with Gasteiger partial charge < -0.3 is 0 Å². The Morgan fingerprint density at radius 1 is 1.11 bits per heavy atom. The minimum Gasteiger partial charge on any atom is -0.299 e. The molecule has 1 rings (SSSR count). The van der Waals surface area contributed by atoms with Crippen LogP contribution in [0.4, 0.5) is 0 Å². The van der Waals surface area contributed by atoms with Crippen molar-refractivity contribution in [2.75, 3.05) is 6.54 Å². The van der Waals surface area contributed by atoms with E-state index in [1.165, 1.54) is 16.3 Å². The summed E-state index contributed by atoms with van der Waals surface area (Å²) in [5.41, 5.74) is 5.45. The fraction of sp³-hybridized carbons (Fsp3) is 0.600. The summed E-state index contributed by atoms with van der Waals surface area (Å²) in [4.78, 5) is 0. The number of nitrogens with zero attached hydrogens (tertiary/aromatic N) is 1. The molecule has 0 unspecified atom stereocenters. The Morgan fingerprint density at radius 3 is 2.21 bits per heavy atom. The average molecular weight is 287 g/mol. The van der Waals surface area contributed by atoms with E-state index in [0.717, 1.165) is 25.8 Å². The van der Waals surface area contributed by atoms with Crippen LogP contribution in [0.15, 0.2) is 24.3 Å². The lowest BCUT2D eigenvalue weighted by molar-refractivity contribution is -0.197. The van der Waals surface area contributed by atoms with Gasteiger partial charge >= 0.3 is 0 Å². The van der Waals surface area contributed by atoms with Crippen LogP contribution in [0.1, 0.15) is 44.7 Å². The van der Waals surface area contributed by atoms with Crippen LogP contribution in [-0.4, -0.2) is 22.5 Å². The monoisotopic (exact) mass is 286 g/mol. The molecule has 0 aromatic heterocycles. The van der Waals surface area contributed by atoms with Crippen LogP contribution in [0, 0.1) is 6.92 Å². The van der Waals surface area contributed by atoms with Gasteiger partial charge in [-0.05, 0) is 52.5 Å². The Hall–Kier alpha value is -0.610. The van der Waals surface area contributed by atoms with Gasteiger partial charge in [-0.3, -0.25) is 5.21 Å². The zero-order chi connectivity index (χ0) is 13.6. The van der Waals surface area contributed by atoms with E-state index < -0.39 is 0 Å². The zero-order valence-corrected chi connectivity index (χ0v) is 13.3. The molecule has 0 aliphatic carbocycles. The number of nitrogens with one attached hydrogen (secondary N) is 1. The highest BCUT2D eigenvalue weighted by atomic mass is 35.5. The van der Waals surface area contributed by atoms with E-state index >= 15 is 0 Å². The number of hydrogen-bond acceptors (Lipinski definition) is 3. The average Bonchev–Trinajstić information content (AvgIpc) is 2.29. The second kappa shape index (κ2) is 8.54. The lowest BCUT2D eigenvalue weighted by Crippen LogP contribution is -2.48. The van der Waals surface area contributed by atoms with Crippen LogP contribution >= 0.6 is 12.4 Å². The highest BCUT2D eigenvalue weighted by molar-refractivity contribution is 5.85. The van der Waals surface area contributed by atoms with Gasteiger partial charge in [0.05, 0.1) is 5.54 Å². The second-order valence-electron chi connectivity index (χ2n) is 5.83. The number of aryl methyl sites for hydroxylation is 2. The smallest absolute Gasteiger partial charge is 0.0535 e. The summed E-state index contributed by atoms with van der Waals surface area (Å²) >= 11 is 0. The van der Waals surface area contributed by atoms with Gasteiger partial charge in [-0.1, -0.05) is 29.8 Å². The van der Waals surface area contributed by atoms with Gasteiger partial charge in [0.1, 0.15) is 0 Å². The van der Waals surface area contributed by atoms with Gasteiger partial charge in [-0.15, -0.1) is 17.6 Å². The number of hydrogen-bond donors (Lipinski definition) is 2. The van der Waals surface area contributed by atoms with Crippen molar-refractivity contribution >= 4 is 12.4 Å². The van der Waals surface area contributed by atoms with Crippen LogP contribution in [0.2, 0.25) is 0 Å². The standard InChI is InChI=1S/C15H26N2O.ClH/c1-13-8-10-14(11-9-13)7-5-6-12-16-17(18)15(2,3)4;/h8-11,16,18H,5-7,12H2,1-4H3;1H. The van der Waals surface area contributed by atoms with Gasteiger partial charge in [0, 0.05) is 6.54 Å². The molecule has 0 atom stereocenters. The van der Waals surface area contributed by atoms with Gasteiger partial charge in [0.2, 0.25) is 0 Å². The van der Waals surface area contributed by atoms with E-state index in [4.69, 9.17) is 0 Å². The highest BCUT2D eigenvalue weighted by Gasteiger charge is 2.18. The van der Waals surface area contributed by atoms with Crippen molar-refractivity contribution in [3.8, 4) is 0 Å². The molecule has 0 saturated heterocycles. The largest absolute Gasteiger partial charge is 0.299 e. The second-order valence-corrected chi connectivity index (χ2v) is 5.83. The Balaban J connectivity index is 0.00000324. The molecule has 0 fully saturated rings. The maximum absolute atomic E-state index is 9.65. The molecule has 0 aliphatic heterocycles. The summed E-state index contributed by atoms with van der Waals surface area (Å²) in [6, 6.07) is 8.69. The molecule has 4 heteroatoms. The normalized spacial score (nSPS) is 11.5. The molecule has 0 heterocycles. The minimum absolute atomic E-state index is 0. The number of unbranched alkanes of at least 4 members (excludes halogenated alkanes) is 1. The maximum atomic E-state index is 9.65. The quantitative estimate of drug-likeness (QED) is 0.618. The topological polar surface area (TPSA) is 35.5 Å². The molecule has 0 aliphatic rings. The molecule has 110 valence electrons. The predicted molar refractivity (Wildman–Crippen MR) is 82.7 cm³/mol. The van der Waals surface area contributed by atoms with Crippen molar-refractivity contribution in [2.24, 2.45) is 0 Å². The van der Waals surface area contributed by atoms with Crippen molar-refractivity contribution in [3.63, 3.8) is 0 Å². The summed E-state index contributed by atoms with van der Waals surface area (Å²) in [6.45, 7) is 8.81. The van der Waals surface area contributed by atoms with E-state index in [9.17, 15) is 5.21 Å². The van der Waals surface area contributed by atoms with Gasteiger partial charge in [-0.25, -0.2) is 5.43 Å². The third-order valence-electron chi connectivity index (χ3n) is 2.91. The summed E-state index contributed by atoms with van der Waals surface area (Å²) in [5.74, 6) is 0. The molecule has 1 aromatic carbocycles. The van der Waals surface area contributed by atoms with E-state index in [2.05, 4.69) is 36.6 Å². The first-order valence-electron chi connectivity index (χ1n) is 6.68. The van der Waals surface area contributed by atoms with Crippen LogP contribution in [0.25, 0.3) is 0 Å². The SMILES string of the molecule is Cc1ccc(CCCCNN(O)C(C)(C)C)cc1.Cl. The molecular formula is C15H27ClN2O. The van der Waals surface area contributed by atoms with E-state index in [-0.39, 0.29) is 17.9 Å². The summed E-state index contributed by atoms with van der Waals surface area (Å²) in [5, 5.41) is 10.8. The van der Waals surface area contributed by atoms with Gasteiger partial charge in [-0.2, -0.15) is 0 Å². The van der Waals surface area contributed by atoms with Crippen LogP contribution < -0.4 is 5.43 Å². The van der Waals surface area contributed by atoms with Crippen LogP contribution in [-0.2, 0) is 6.42 Å². The number of hydroxylamine groups is 1. The Bertz CT molecular complexity index is 346. The van der Waals surface area contributed by atoms with Crippen molar-refractivity contribution in [2.45, 2.75) is 52.5 Å². The van der Waals surface area contributed by atoms with Gasteiger partial charge in [0.15, 0.2) is 0 Å². The number of rotatable bonds is 6. The molecular weight excluding hydrogens is 260 g/mol. The zero-order valence-electron chi connectivity index (χ0n) is 12.4. The van der Waals surface area contributed by atoms with Crippen LogP contribution in [0.3, 0.4) is 0 Å². The third-order valence-corrected chi connectivity index (χ3v) is 2.91. The molecule has 0 saturated carbocycles. The first-order valence-corrected chi connectivity index (χ1v) is 6.68. The molecule has 0 radical (unpaired) electrons. The van der Waals surface area contributed by atoms with Crippen molar-refractivity contribution < 1.29 is 5.21 Å². The molecule has 0 amide bonds. The lowest BCUT2D eigenvalue weighted by atomic mass is 10.1. The molecule has 0 spiro atoms. The molecule has 19 heavy (non-hydrogen) atoms. The molecule has 3 nitrogen and oxygen atoms in total. The minimum atomic E-state index is -0.253. The molecule has 2 N–H and O–H groups in total. The van der Waals surface area contributed by atoms with E-state index in [1.54, 1.807) is 0 Å². The van der Waals surface area contributed by atoms with Crippen LogP contribution in [0.5, 0.6) is 0 Å². The first kappa shape index (κ1) is 18.4. The number of halogens is 1. The molecule has 0 bridgehead atoms.